The van der Waals surface area contributed by atoms with E-state index in [1.54, 1.807) is 52.0 Å². The number of quaternary nitrogens is 1. The molecule has 5 aromatic rings. The van der Waals surface area contributed by atoms with Crippen LogP contribution in [0.1, 0.15) is 139 Å². The molecule has 4 aliphatic rings. The molecular weight excluding hydrogens is 1280 g/mol. The summed E-state index contributed by atoms with van der Waals surface area (Å²) in [5.41, 5.74) is -0.0501. The topological polar surface area (TPSA) is 320 Å². The Morgan fingerprint density at radius 2 is 1.57 bits per heavy atom. The second-order valence-corrected chi connectivity index (χ2v) is 28.9. The number of benzene rings is 4. The summed E-state index contributed by atoms with van der Waals surface area (Å²) in [6.45, 7) is 22.5. The number of aromatic hydroxyl groups is 1. The molecule has 4 aliphatic heterocycles. The zero-order chi connectivity index (χ0) is 73.1. The molecule has 0 radical (unpaired) electrons. The van der Waals surface area contributed by atoms with Crippen molar-refractivity contribution in [2.45, 2.75) is 177 Å². The Morgan fingerprint density at radius 3 is 2.22 bits per heavy atom. The fraction of sp³-hybridized carbons (Fsp3) is 0.526. The van der Waals surface area contributed by atoms with Crippen LogP contribution in [0.2, 0.25) is 0 Å². The molecule has 2 fully saturated rings. The lowest BCUT2D eigenvalue weighted by atomic mass is 9.73. The number of ether oxygens (including phenoxy) is 4. The lowest BCUT2D eigenvalue weighted by molar-refractivity contribution is -0.928. The Kier molecular flexibility index (Phi) is 23.2. The van der Waals surface area contributed by atoms with Crippen LogP contribution in [0.5, 0.6) is 11.5 Å². The van der Waals surface area contributed by atoms with Crippen molar-refractivity contribution in [3.63, 3.8) is 0 Å². The number of fused-ring (bicyclic) bond motifs is 2. The highest BCUT2D eigenvalue weighted by Gasteiger charge is 2.45. The number of carbonyl (C=O) groups excluding carboxylic acids is 7. The number of amides is 5. The summed E-state index contributed by atoms with van der Waals surface area (Å²) in [5, 5.41) is 44.0. The number of aliphatic hydroxyl groups excluding tert-OH is 2. The fourth-order valence-electron chi connectivity index (χ4n) is 14.4. The minimum Gasteiger partial charge on any atom is -0.507 e. The number of phenols is 1. The van der Waals surface area contributed by atoms with Crippen LogP contribution < -0.4 is 41.7 Å². The highest BCUT2D eigenvalue weighted by Crippen LogP contribution is 2.43. The van der Waals surface area contributed by atoms with Gasteiger partial charge in [0, 0.05) is 142 Å². The number of methoxy groups -OCH3 is 1. The monoisotopic (exact) mass is 1380 g/mol. The molecule has 0 saturated carbocycles. The van der Waals surface area contributed by atoms with E-state index in [1.807, 2.05) is 58.9 Å². The number of nitrogens with zero attached hydrogens (tertiary/aromatic N) is 4. The van der Waals surface area contributed by atoms with Crippen molar-refractivity contribution < 1.29 is 76.7 Å². The molecule has 0 aliphatic carbocycles. The van der Waals surface area contributed by atoms with Crippen LogP contribution in [0.3, 0.4) is 0 Å². The molecule has 9 rings (SSSR count). The molecule has 2 saturated heterocycles. The Labute approximate surface area is 582 Å². The quantitative estimate of drug-likeness (QED) is 0.0119. The van der Waals surface area contributed by atoms with Gasteiger partial charge in [0.15, 0.2) is 28.2 Å². The van der Waals surface area contributed by atoms with E-state index < -0.39 is 87.8 Å². The first-order valence-corrected chi connectivity index (χ1v) is 34.8. The van der Waals surface area contributed by atoms with Crippen LogP contribution in [0.25, 0.3) is 38.7 Å². The Balaban J connectivity index is 0.921. The van der Waals surface area contributed by atoms with Crippen LogP contribution in [0.4, 0.5) is 17.1 Å². The number of hydrogen-bond acceptors (Lipinski definition) is 19. The second-order valence-electron chi connectivity index (χ2n) is 28.9. The zero-order valence-electron chi connectivity index (χ0n) is 60.1. The van der Waals surface area contributed by atoms with Crippen molar-refractivity contribution in [3.05, 3.63) is 109 Å². The summed E-state index contributed by atoms with van der Waals surface area (Å²) in [5.74, 6) is -8.20. The van der Waals surface area contributed by atoms with Crippen LogP contribution in [-0.2, 0) is 54.3 Å². The summed E-state index contributed by atoms with van der Waals surface area (Å²) in [6, 6.07) is 10.1. The number of ketones is 1. The number of unbranched alkanes of at least 4 members (excludes halogenated alkanes) is 2. The van der Waals surface area contributed by atoms with Crippen LogP contribution in [-0.4, -0.2) is 148 Å². The standard InChI is InChI=1S/C76H97N7O17/c1-39-20-19-21-40(2)73(93)80-65-68(91)61-60(62-70(47(9)67(61)90)100-76(12,72(62)92)97-33-29-56(96-15)46(8)69(98-49(11)84)45(7)43(5)44(6)66(39)89)64-71(65)99-57-37-52(36-55(86)63(57)79-64)81-31-27-53(28-32-81)83(13,14)38-50-23-25-51(26-24-50)78-74(94)41(3)34-54(85)48(10)77-58(87)22-17-16-18-30-82-59(88)35-42(4)75(82)95/h19-21,23-26,29,33,36-37,39,41-46,48,53,56,66,69,89H,16-18,22,27-28,30-32,34-35,38H2,1-15H3,(H4-,77,78,79,80,86,87,90,91,92,93,94)/p+1/b20-19+,33-29+,40-21-/t39-,41?,42?,43+,44-,45+,46+,48?,56-,66-,69-,76-/m0/s1. The minimum atomic E-state index is -2.00. The molecule has 12 atom stereocenters. The Bertz CT molecular complexity index is 4290. The average molecular weight is 1380 g/mol. The number of aliphatic hydroxyl groups is 2. The lowest BCUT2D eigenvalue weighted by Gasteiger charge is -2.43. The Hall–Kier alpha value is -9.00. The van der Waals surface area contributed by atoms with Crippen LogP contribution in [0.15, 0.2) is 86.5 Å². The molecule has 5 amide bonds. The van der Waals surface area contributed by atoms with E-state index in [4.69, 9.17) is 28.3 Å². The summed E-state index contributed by atoms with van der Waals surface area (Å²) >= 11 is 0. The van der Waals surface area contributed by atoms with E-state index in [0.717, 1.165) is 18.4 Å². The van der Waals surface area contributed by atoms with E-state index in [1.165, 1.54) is 51.2 Å². The van der Waals surface area contributed by atoms with Crippen LogP contribution >= 0.6 is 0 Å². The second kappa shape index (κ2) is 30.9. The molecular formula is C76H98N7O17+. The van der Waals surface area contributed by atoms with E-state index in [2.05, 4.69) is 34.9 Å². The van der Waals surface area contributed by atoms with Crippen molar-refractivity contribution >= 4 is 97.1 Å². The average Bonchev–Trinajstić information content (AvgIpc) is 1.38. The number of likely N-dealkylation sites (tertiary alicyclic amines) is 1. The maximum Gasteiger partial charge on any atom is 0.307 e. The van der Waals surface area contributed by atoms with Gasteiger partial charge >= 0.3 is 11.8 Å². The summed E-state index contributed by atoms with van der Waals surface area (Å²) in [7, 11) is 5.81. The third-order valence-electron chi connectivity index (χ3n) is 21.2. The molecule has 24 nitrogen and oxygen atoms in total. The van der Waals surface area contributed by atoms with Gasteiger partial charge < -0.3 is 64.0 Å². The van der Waals surface area contributed by atoms with E-state index in [0.29, 0.717) is 61.3 Å². The van der Waals surface area contributed by atoms with Crippen molar-refractivity contribution in [1.29, 1.82) is 0 Å². The molecule has 4 bridgehead atoms. The Morgan fingerprint density at radius 1 is 0.880 bits per heavy atom. The number of Topliss-reactive ketones (excluding diaryl/α,β-unsaturated/α-hetero) is 1. The first-order chi connectivity index (χ1) is 47.2. The molecule has 24 heteroatoms. The van der Waals surface area contributed by atoms with Gasteiger partial charge in [0.1, 0.15) is 35.4 Å². The van der Waals surface area contributed by atoms with Crippen molar-refractivity contribution in [1.82, 2.24) is 15.2 Å². The summed E-state index contributed by atoms with van der Waals surface area (Å²) < 4.78 is 31.8. The first-order valence-electron chi connectivity index (χ1n) is 34.8. The molecule has 538 valence electrons. The number of aromatic nitrogens is 1. The third kappa shape index (κ3) is 15.9. The number of carbonyl (C=O) groups is 7. The first kappa shape index (κ1) is 75.2. The van der Waals surface area contributed by atoms with Gasteiger partial charge in [-0.05, 0) is 69.6 Å². The minimum absolute atomic E-state index is 0.00699. The largest absolute Gasteiger partial charge is 0.507 e. The van der Waals surface area contributed by atoms with Gasteiger partial charge in [-0.25, -0.2) is 4.98 Å². The van der Waals surface area contributed by atoms with Gasteiger partial charge in [-0.1, -0.05) is 85.2 Å². The number of anilines is 3. The molecule has 100 heavy (non-hydrogen) atoms. The van der Waals surface area contributed by atoms with Gasteiger partial charge in [0.2, 0.25) is 34.5 Å². The number of phenolic OH excluding ortho intramolecular Hbond substituents is 1. The normalized spacial score (nSPS) is 26.0. The van der Waals surface area contributed by atoms with Gasteiger partial charge in [-0.2, -0.15) is 0 Å². The molecule has 4 aromatic carbocycles. The zero-order valence-corrected chi connectivity index (χ0v) is 60.1. The number of piperidine rings is 1. The SMILES string of the molecule is CO[C@H]1/C=C/O[C@@]2(C)Oc3c(C)c(O)c4c(=O)c(c5oc6cc(N7CCC([N+](C)(C)Cc8ccc(NC(=O)C(C)CC(=O)C(C)NC(=O)CCCCCN9C(=O)CC(C)C9=O)cc8)CC7)cc(=O)c6nc5c4c3=C2O)NC(=O)/C(C)=C\C=C\[C@H](C)[C@H](O)[C@@H](C)[C@@H](C)[C@@H](C)[C@H](OC(C)=O)[C@@H]1C. The third-order valence-corrected chi connectivity index (χ3v) is 21.2. The van der Waals surface area contributed by atoms with Gasteiger partial charge in [-0.15, -0.1) is 0 Å². The summed E-state index contributed by atoms with van der Waals surface area (Å²) in [4.78, 5) is 128. The molecule has 6 N–H and O–H groups in total. The van der Waals surface area contributed by atoms with E-state index in [-0.39, 0.29) is 133 Å². The van der Waals surface area contributed by atoms with Crippen LogP contribution in [0, 0.1) is 48.3 Å². The summed E-state index contributed by atoms with van der Waals surface area (Å²) in [6.07, 6.45) is 9.13. The predicted octanol–water partition coefficient (Wildman–Crippen LogP) is 9.07. The molecule has 0 spiro atoms. The van der Waals surface area contributed by atoms with Crippen molar-refractivity contribution in [2.24, 2.45) is 41.4 Å². The smallest absolute Gasteiger partial charge is 0.307 e. The van der Waals surface area contributed by atoms with Crippen molar-refractivity contribution in [3.8, 4) is 11.5 Å². The van der Waals surface area contributed by atoms with Gasteiger partial charge in [-0.3, -0.25) is 48.1 Å². The molecule has 5 heterocycles. The lowest BCUT2D eigenvalue weighted by Crippen LogP contribution is -2.53. The molecule has 1 aromatic heterocycles. The number of hydrogen-bond donors (Lipinski definition) is 6. The number of esters is 1. The van der Waals surface area contributed by atoms with Gasteiger partial charge in [0.05, 0.1) is 55.3 Å². The maximum atomic E-state index is 15.2. The predicted molar refractivity (Wildman–Crippen MR) is 380 cm³/mol. The number of nitrogens with one attached hydrogen (secondary N) is 3. The molecule has 3 unspecified atom stereocenters. The number of allylic oxidation sites excluding steroid dienone is 2. The number of rotatable bonds is 18. The van der Waals surface area contributed by atoms with E-state index in [9.17, 15) is 53.7 Å². The van der Waals surface area contributed by atoms with Crippen molar-refractivity contribution in [2.75, 3.05) is 56.4 Å². The fourth-order valence-corrected chi connectivity index (χ4v) is 14.4. The van der Waals surface area contributed by atoms with Gasteiger partial charge in [0.25, 0.3) is 5.91 Å². The maximum absolute atomic E-state index is 15.2. The van der Waals surface area contributed by atoms with E-state index >= 15 is 4.79 Å². The highest BCUT2D eigenvalue weighted by atomic mass is 16.7. The number of imide groups is 1. The highest BCUT2D eigenvalue weighted by molar-refractivity contribution is 6.17.